The molecule has 0 saturated heterocycles. The molecule has 2 fully saturated rings. The first kappa shape index (κ1) is 23.2. The normalized spacial score (nSPS) is 31.9. The van der Waals surface area contributed by atoms with Crippen LogP contribution < -0.4 is 24.8 Å². The van der Waals surface area contributed by atoms with Gasteiger partial charge in [0.15, 0.2) is 0 Å². The van der Waals surface area contributed by atoms with Crippen molar-refractivity contribution >= 4 is 0 Å². The molecule has 0 aliphatic heterocycles. The zero-order valence-electron chi connectivity index (χ0n) is 14.0. The minimum atomic E-state index is 0. The molecule has 4 aliphatic carbocycles. The molecule has 0 bridgehead atoms. The quantitative estimate of drug-likeness (QED) is 0.456. The second-order valence-corrected chi connectivity index (χ2v) is 6.81. The average molecular weight is 429 g/mol. The van der Waals surface area contributed by atoms with E-state index in [1.165, 1.54) is 25.7 Å². The molecule has 4 aliphatic rings. The molecule has 3 heteroatoms. The predicted molar refractivity (Wildman–Crippen MR) is 86.8 cm³/mol. The van der Waals surface area contributed by atoms with Gasteiger partial charge in [-0.1, -0.05) is 38.5 Å². The Hall–Kier alpha value is 0.163. The largest absolute Gasteiger partial charge is 4.00 e. The predicted octanol–water partition coefficient (Wildman–Crippen LogP) is -0.529. The van der Waals surface area contributed by atoms with Crippen LogP contribution in [0, 0.1) is 36.5 Å². The number of hydrogen-bond acceptors (Lipinski definition) is 0. The SMILES string of the molecule is CC1[CH-]C2=CC=CCC2C1.CC1[CH-]C2=CC=CCC2C1.[Cl-].[Cl-].[Zr+4]. The minimum Gasteiger partial charge on any atom is -1.00 e. The van der Waals surface area contributed by atoms with E-state index >= 15 is 0 Å². The third-order valence-electron chi connectivity index (χ3n) is 4.90. The molecule has 4 unspecified atom stereocenters. The van der Waals surface area contributed by atoms with Gasteiger partial charge in [-0.15, -0.1) is 24.3 Å². The van der Waals surface area contributed by atoms with Crippen molar-refractivity contribution in [1.82, 2.24) is 0 Å². The van der Waals surface area contributed by atoms with E-state index in [1.807, 2.05) is 0 Å². The summed E-state index contributed by atoms with van der Waals surface area (Å²) < 4.78 is 0. The number of hydrogen-bond donors (Lipinski definition) is 0. The Labute approximate surface area is 173 Å². The van der Waals surface area contributed by atoms with Gasteiger partial charge in [0, 0.05) is 0 Å². The van der Waals surface area contributed by atoms with Gasteiger partial charge in [-0.3, -0.25) is 0 Å². The molecule has 0 amide bonds. The van der Waals surface area contributed by atoms with Crippen LogP contribution in [0.4, 0.5) is 0 Å². The molecule has 0 radical (unpaired) electrons. The minimum absolute atomic E-state index is 0. The van der Waals surface area contributed by atoms with Crippen molar-refractivity contribution in [3.05, 3.63) is 60.4 Å². The third kappa shape index (κ3) is 6.19. The molecule has 23 heavy (non-hydrogen) atoms. The Bertz CT molecular complexity index is 432. The van der Waals surface area contributed by atoms with E-state index in [2.05, 4.69) is 63.1 Å². The van der Waals surface area contributed by atoms with Crippen molar-refractivity contribution in [2.45, 2.75) is 39.5 Å². The number of allylic oxidation sites excluding steroid dienone is 8. The van der Waals surface area contributed by atoms with Crippen molar-refractivity contribution in [3.8, 4) is 0 Å². The zero-order valence-corrected chi connectivity index (χ0v) is 18.0. The third-order valence-corrected chi connectivity index (χ3v) is 4.90. The smallest absolute Gasteiger partial charge is 1.00 e. The zero-order chi connectivity index (χ0) is 13.9. The fourth-order valence-corrected chi connectivity index (χ4v) is 3.93. The van der Waals surface area contributed by atoms with Gasteiger partial charge in [-0.05, 0) is 24.7 Å². The average Bonchev–Trinajstić information content (AvgIpc) is 2.99. The molecule has 0 aromatic rings. The van der Waals surface area contributed by atoms with Gasteiger partial charge >= 0.3 is 26.2 Å². The van der Waals surface area contributed by atoms with E-state index in [1.54, 1.807) is 11.1 Å². The molecule has 0 aromatic heterocycles. The van der Waals surface area contributed by atoms with Crippen LogP contribution in [-0.2, 0) is 26.2 Å². The Morgan fingerprint density at radius 2 is 1.17 bits per heavy atom. The summed E-state index contributed by atoms with van der Waals surface area (Å²) in [5.41, 5.74) is 3.16. The number of rotatable bonds is 0. The molecule has 0 aromatic carbocycles. The van der Waals surface area contributed by atoms with Crippen molar-refractivity contribution < 1.29 is 51.0 Å². The maximum Gasteiger partial charge on any atom is 4.00 e. The van der Waals surface area contributed by atoms with E-state index in [-0.39, 0.29) is 51.0 Å². The summed E-state index contributed by atoms with van der Waals surface area (Å²) in [6.07, 6.45) is 23.5. The Morgan fingerprint density at radius 1 is 0.783 bits per heavy atom. The second-order valence-electron chi connectivity index (χ2n) is 6.81. The summed E-state index contributed by atoms with van der Waals surface area (Å²) in [5, 5.41) is 0. The number of halogens is 2. The maximum absolute atomic E-state index is 2.41. The van der Waals surface area contributed by atoms with Gasteiger partial charge in [0.25, 0.3) is 0 Å². The van der Waals surface area contributed by atoms with Crippen LogP contribution in [0.25, 0.3) is 0 Å². The molecular weight excluding hydrogens is 402 g/mol. The van der Waals surface area contributed by atoms with Crippen molar-refractivity contribution in [2.75, 3.05) is 0 Å². The van der Waals surface area contributed by atoms with Gasteiger partial charge in [0.05, 0.1) is 0 Å². The first-order valence-electron chi connectivity index (χ1n) is 8.15. The van der Waals surface area contributed by atoms with Crippen LogP contribution in [0.1, 0.15) is 39.5 Å². The van der Waals surface area contributed by atoms with Crippen LogP contribution >= 0.6 is 0 Å². The fraction of sp³-hybridized carbons (Fsp3) is 0.500. The first-order valence-corrected chi connectivity index (χ1v) is 8.15. The molecule has 0 heterocycles. The van der Waals surface area contributed by atoms with Gasteiger partial charge in [0.1, 0.15) is 0 Å². The van der Waals surface area contributed by atoms with Crippen LogP contribution in [0.3, 0.4) is 0 Å². The van der Waals surface area contributed by atoms with Crippen LogP contribution in [0.15, 0.2) is 47.6 Å². The van der Waals surface area contributed by atoms with Crippen molar-refractivity contribution in [1.29, 1.82) is 0 Å². The fourth-order valence-electron chi connectivity index (χ4n) is 3.93. The summed E-state index contributed by atoms with van der Waals surface area (Å²) in [6, 6.07) is 0. The second kappa shape index (κ2) is 10.9. The van der Waals surface area contributed by atoms with Crippen LogP contribution in [0.2, 0.25) is 0 Å². The van der Waals surface area contributed by atoms with E-state index in [9.17, 15) is 0 Å². The van der Waals surface area contributed by atoms with Crippen LogP contribution in [-0.4, -0.2) is 0 Å². The molecule has 0 nitrogen and oxygen atoms in total. The van der Waals surface area contributed by atoms with E-state index in [0.29, 0.717) is 0 Å². The maximum atomic E-state index is 2.41. The van der Waals surface area contributed by atoms with Gasteiger partial charge in [0.2, 0.25) is 0 Å². The molecular formula is C20H26Cl2Zr. The number of fused-ring (bicyclic) bond motifs is 2. The van der Waals surface area contributed by atoms with E-state index in [4.69, 9.17) is 0 Å². The molecule has 4 atom stereocenters. The molecule has 0 N–H and O–H groups in total. The molecule has 0 spiro atoms. The van der Waals surface area contributed by atoms with Gasteiger partial charge in [-0.2, -0.15) is 0 Å². The topological polar surface area (TPSA) is 0 Å². The van der Waals surface area contributed by atoms with E-state index in [0.717, 1.165) is 23.7 Å². The van der Waals surface area contributed by atoms with Crippen molar-refractivity contribution in [2.24, 2.45) is 23.7 Å². The summed E-state index contributed by atoms with van der Waals surface area (Å²) in [6.45, 7) is 4.61. The molecule has 2 saturated carbocycles. The first-order chi connectivity index (χ1) is 9.72. The summed E-state index contributed by atoms with van der Waals surface area (Å²) >= 11 is 0. The summed E-state index contributed by atoms with van der Waals surface area (Å²) in [5.74, 6) is 3.35. The monoisotopic (exact) mass is 426 g/mol. The van der Waals surface area contributed by atoms with E-state index < -0.39 is 0 Å². The Kier molecular flexibility index (Phi) is 11.0. The summed E-state index contributed by atoms with van der Waals surface area (Å²) in [7, 11) is 0. The molecule has 4 rings (SSSR count). The van der Waals surface area contributed by atoms with Gasteiger partial charge < -0.3 is 24.8 Å². The molecule has 124 valence electrons. The Balaban J connectivity index is 0.000000372. The Morgan fingerprint density at radius 3 is 1.52 bits per heavy atom. The van der Waals surface area contributed by atoms with Gasteiger partial charge in [-0.25, -0.2) is 36.1 Å². The standard InChI is InChI=1S/2C10H13.2ClH.Zr/c2*1-8-6-9-4-2-3-5-10(9)7-8;;;/h2*2-4,6,8,10H,5,7H2,1H3;2*1H;/q2*-1;;;+4/p-2. The summed E-state index contributed by atoms with van der Waals surface area (Å²) in [4.78, 5) is 0. The van der Waals surface area contributed by atoms with Crippen LogP contribution in [0.5, 0.6) is 0 Å². The van der Waals surface area contributed by atoms with Crippen molar-refractivity contribution in [3.63, 3.8) is 0 Å².